The number of hydrogen-bond acceptors (Lipinski definition) is 5. The van der Waals surface area contributed by atoms with Crippen LogP contribution in [0.3, 0.4) is 0 Å². The van der Waals surface area contributed by atoms with Crippen molar-refractivity contribution in [2.75, 3.05) is 12.0 Å². The molecule has 0 aliphatic heterocycles. The lowest BCUT2D eigenvalue weighted by molar-refractivity contribution is 0.602. The number of hydrogen-bond donors (Lipinski definition) is 2. The molecule has 0 atom stereocenters. The first-order valence-corrected chi connectivity index (χ1v) is 6.34. The minimum absolute atomic E-state index is 0.155. The van der Waals surface area contributed by atoms with Crippen molar-refractivity contribution >= 4 is 15.8 Å². The van der Waals surface area contributed by atoms with Crippen molar-refractivity contribution in [2.24, 2.45) is 0 Å². The summed E-state index contributed by atoms with van der Waals surface area (Å²) in [5.41, 5.74) is 6.10. The maximum Gasteiger partial charge on any atom is 0.239 e. The smallest absolute Gasteiger partial charge is 0.239 e. The minimum Gasteiger partial charge on any atom is -0.366 e. The van der Waals surface area contributed by atoms with Gasteiger partial charge in [0.25, 0.3) is 0 Å². The van der Waals surface area contributed by atoms with Gasteiger partial charge in [0, 0.05) is 11.8 Å². The lowest BCUT2D eigenvalue weighted by Crippen LogP contribution is -1.96. The molecule has 0 saturated heterocycles. The van der Waals surface area contributed by atoms with Crippen molar-refractivity contribution in [3.8, 4) is 11.4 Å². The molecule has 0 aliphatic carbocycles. The van der Waals surface area contributed by atoms with Gasteiger partial charge in [-0.2, -0.15) is 4.98 Å². The van der Waals surface area contributed by atoms with Crippen molar-refractivity contribution in [2.45, 2.75) is 4.90 Å². The van der Waals surface area contributed by atoms with E-state index in [1.54, 1.807) is 12.1 Å². The van der Waals surface area contributed by atoms with Crippen LogP contribution in [0.2, 0.25) is 0 Å². The van der Waals surface area contributed by atoms with Crippen LogP contribution >= 0.6 is 0 Å². The quantitative estimate of drug-likeness (QED) is 0.791. The van der Waals surface area contributed by atoms with E-state index in [0.29, 0.717) is 5.82 Å². The van der Waals surface area contributed by atoms with Crippen LogP contribution in [0.25, 0.3) is 11.4 Å². The molecule has 84 valence electrons. The summed E-state index contributed by atoms with van der Waals surface area (Å²) >= 11 is 0. The molecule has 0 fully saturated rings. The zero-order valence-corrected chi connectivity index (χ0v) is 9.32. The topological polar surface area (TPSA) is 102 Å². The monoisotopic (exact) mass is 238 g/mol. The van der Waals surface area contributed by atoms with Gasteiger partial charge in [0.1, 0.15) is 0 Å². The second-order valence-corrected chi connectivity index (χ2v) is 5.35. The fourth-order valence-electron chi connectivity index (χ4n) is 1.26. The van der Waals surface area contributed by atoms with Crippen LogP contribution in [0.15, 0.2) is 29.2 Å². The van der Waals surface area contributed by atoms with Gasteiger partial charge in [-0.15, -0.1) is 5.10 Å². The number of nitrogens with zero attached hydrogens (tertiary/aromatic N) is 2. The van der Waals surface area contributed by atoms with E-state index in [4.69, 9.17) is 5.73 Å². The van der Waals surface area contributed by atoms with E-state index in [2.05, 4.69) is 15.2 Å². The van der Waals surface area contributed by atoms with Crippen molar-refractivity contribution < 1.29 is 8.42 Å². The van der Waals surface area contributed by atoms with Gasteiger partial charge in [-0.05, 0) is 24.3 Å². The fourth-order valence-corrected chi connectivity index (χ4v) is 1.89. The highest BCUT2D eigenvalue weighted by molar-refractivity contribution is 7.90. The van der Waals surface area contributed by atoms with Crippen LogP contribution in [0.5, 0.6) is 0 Å². The lowest BCUT2D eigenvalue weighted by atomic mass is 10.2. The van der Waals surface area contributed by atoms with Crippen LogP contribution in [0.1, 0.15) is 0 Å². The zero-order chi connectivity index (χ0) is 11.8. The third-order valence-electron chi connectivity index (χ3n) is 2.06. The normalized spacial score (nSPS) is 11.6. The predicted molar refractivity (Wildman–Crippen MR) is 59.3 cm³/mol. The van der Waals surface area contributed by atoms with Gasteiger partial charge < -0.3 is 5.73 Å². The Labute approximate surface area is 92.4 Å². The van der Waals surface area contributed by atoms with Crippen molar-refractivity contribution in [1.82, 2.24) is 15.2 Å². The van der Waals surface area contributed by atoms with E-state index in [0.717, 1.165) is 11.8 Å². The maximum absolute atomic E-state index is 11.2. The first kappa shape index (κ1) is 10.6. The van der Waals surface area contributed by atoms with Crippen LogP contribution in [0, 0.1) is 0 Å². The van der Waals surface area contributed by atoms with Gasteiger partial charge in [0.2, 0.25) is 5.95 Å². The zero-order valence-electron chi connectivity index (χ0n) is 8.51. The van der Waals surface area contributed by atoms with Crippen LogP contribution in [-0.4, -0.2) is 29.9 Å². The third-order valence-corrected chi connectivity index (χ3v) is 3.19. The molecule has 16 heavy (non-hydrogen) atoms. The van der Waals surface area contributed by atoms with Gasteiger partial charge in [0.05, 0.1) is 4.90 Å². The van der Waals surface area contributed by atoms with Gasteiger partial charge in [-0.1, -0.05) is 0 Å². The Kier molecular flexibility index (Phi) is 2.39. The molecule has 7 heteroatoms. The fraction of sp³-hybridized carbons (Fsp3) is 0.111. The number of aromatic nitrogens is 3. The summed E-state index contributed by atoms with van der Waals surface area (Å²) in [5, 5.41) is 6.33. The van der Waals surface area contributed by atoms with E-state index in [-0.39, 0.29) is 10.8 Å². The number of nitrogen functional groups attached to an aromatic ring is 1. The molecule has 1 aromatic heterocycles. The summed E-state index contributed by atoms with van der Waals surface area (Å²) in [5.74, 6) is 0.666. The van der Waals surface area contributed by atoms with Gasteiger partial charge in [-0.3, -0.25) is 5.10 Å². The molecule has 0 amide bonds. The summed E-state index contributed by atoms with van der Waals surface area (Å²) in [7, 11) is -3.17. The lowest BCUT2D eigenvalue weighted by Gasteiger charge is -1.99. The molecule has 0 bridgehead atoms. The second-order valence-electron chi connectivity index (χ2n) is 3.34. The largest absolute Gasteiger partial charge is 0.366 e. The van der Waals surface area contributed by atoms with E-state index in [1.807, 2.05) is 0 Å². The number of anilines is 1. The van der Waals surface area contributed by atoms with Crippen molar-refractivity contribution in [3.63, 3.8) is 0 Å². The Morgan fingerprint density at radius 2 is 1.88 bits per heavy atom. The standard InChI is InChI=1S/C9H10N4O2S/c1-16(14,15)7-4-2-6(3-5-7)8-11-9(10)13-12-8/h2-5H,1H3,(H3,10,11,12,13). The van der Waals surface area contributed by atoms with Gasteiger partial charge in [-0.25, -0.2) is 8.42 Å². The van der Waals surface area contributed by atoms with E-state index in [1.165, 1.54) is 12.1 Å². The van der Waals surface area contributed by atoms with E-state index < -0.39 is 9.84 Å². The molecule has 2 rings (SSSR count). The predicted octanol–water partition coefficient (Wildman–Crippen LogP) is 0.457. The molecule has 0 spiro atoms. The molecule has 0 radical (unpaired) electrons. The highest BCUT2D eigenvalue weighted by Gasteiger charge is 2.08. The Morgan fingerprint density at radius 1 is 1.25 bits per heavy atom. The summed E-state index contributed by atoms with van der Waals surface area (Å²) < 4.78 is 22.5. The van der Waals surface area contributed by atoms with Crippen molar-refractivity contribution in [3.05, 3.63) is 24.3 Å². The molecule has 2 aromatic rings. The Balaban J connectivity index is 2.40. The number of nitrogens with one attached hydrogen (secondary N) is 1. The Bertz CT molecular complexity index is 601. The molecule has 6 nitrogen and oxygen atoms in total. The molecular formula is C9H10N4O2S. The number of nitrogens with two attached hydrogens (primary N) is 1. The molecule has 0 unspecified atom stereocenters. The summed E-state index contributed by atoms with van der Waals surface area (Å²) in [4.78, 5) is 4.20. The SMILES string of the molecule is CS(=O)(=O)c1ccc(-c2nc(N)n[nH]2)cc1. The first-order valence-electron chi connectivity index (χ1n) is 4.45. The molecular weight excluding hydrogens is 228 g/mol. The van der Waals surface area contributed by atoms with E-state index >= 15 is 0 Å². The minimum atomic E-state index is -3.17. The van der Waals surface area contributed by atoms with Crippen LogP contribution in [-0.2, 0) is 9.84 Å². The number of aromatic amines is 1. The molecule has 0 aliphatic rings. The number of rotatable bonds is 2. The summed E-state index contributed by atoms with van der Waals surface area (Å²) in [6, 6.07) is 6.33. The average Bonchev–Trinajstić information content (AvgIpc) is 2.64. The summed E-state index contributed by atoms with van der Waals surface area (Å²) in [6.45, 7) is 0. The molecule has 3 N–H and O–H groups in total. The number of benzene rings is 1. The first-order chi connectivity index (χ1) is 7.47. The second kappa shape index (κ2) is 3.60. The number of H-pyrrole nitrogens is 1. The average molecular weight is 238 g/mol. The Hall–Kier alpha value is -1.89. The molecule has 1 aromatic carbocycles. The summed E-state index contributed by atoms with van der Waals surface area (Å²) in [6.07, 6.45) is 1.16. The Morgan fingerprint density at radius 3 is 2.31 bits per heavy atom. The van der Waals surface area contributed by atoms with E-state index in [9.17, 15) is 8.42 Å². The van der Waals surface area contributed by atoms with Crippen LogP contribution < -0.4 is 5.73 Å². The molecule has 1 heterocycles. The van der Waals surface area contributed by atoms with Crippen LogP contribution in [0.4, 0.5) is 5.95 Å². The molecule has 0 saturated carbocycles. The van der Waals surface area contributed by atoms with Crippen molar-refractivity contribution in [1.29, 1.82) is 0 Å². The third kappa shape index (κ3) is 2.03. The number of sulfone groups is 1. The van der Waals surface area contributed by atoms with Gasteiger partial charge >= 0.3 is 0 Å². The van der Waals surface area contributed by atoms with Gasteiger partial charge in [0.15, 0.2) is 15.7 Å². The maximum atomic E-state index is 11.2. The highest BCUT2D eigenvalue weighted by Crippen LogP contribution is 2.17. The highest BCUT2D eigenvalue weighted by atomic mass is 32.2.